The summed E-state index contributed by atoms with van der Waals surface area (Å²) in [6, 6.07) is 10.3. The highest BCUT2D eigenvalue weighted by molar-refractivity contribution is 7.90. The van der Waals surface area contributed by atoms with Crippen LogP contribution in [0.5, 0.6) is 0 Å². The molecule has 4 nitrogen and oxygen atoms in total. The molecule has 2 heterocycles. The topological polar surface area (TPSA) is 60.4 Å². The van der Waals surface area contributed by atoms with Gasteiger partial charge in [0.1, 0.15) is 5.76 Å². The minimum absolute atomic E-state index is 0.0327. The standard InChI is InChI=1S/C18H18O4S2/c1-4-18(2)17(19)15(14-6-5-11-23-14)16(22-18)12-7-9-13(10-8-12)24(3,20)21/h5-11H,4H2,1-3H3. The average Bonchev–Trinajstić information content (AvgIpc) is 3.15. The number of carbonyl (C=O) groups excluding carboxylic acids is 1. The Morgan fingerprint density at radius 2 is 1.83 bits per heavy atom. The van der Waals surface area contributed by atoms with Crippen molar-refractivity contribution in [1.82, 2.24) is 0 Å². The van der Waals surface area contributed by atoms with Crippen molar-refractivity contribution < 1.29 is 17.9 Å². The molecule has 0 radical (unpaired) electrons. The summed E-state index contributed by atoms with van der Waals surface area (Å²) < 4.78 is 29.3. The Balaban J connectivity index is 2.13. The van der Waals surface area contributed by atoms with Crippen LogP contribution in [0, 0.1) is 0 Å². The fourth-order valence-electron chi connectivity index (χ4n) is 2.62. The van der Waals surface area contributed by atoms with Crippen LogP contribution in [0.2, 0.25) is 0 Å². The second kappa shape index (κ2) is 5.86. The molecule has 0 spiro atoms. The number of ether oxygens (including phenoxy) is 1. The molecule has 3 rings (SSSR count). The molecule has 0 saturated carbocycles. The number of carbonyl (C=O) groups is 1. The van der Waals surface area contributed by atoms with E-state index in [4.69, 9.17) is 4.74 Å². The molecule has 1 aromatic carbocycles. The van der Waals surface area contributed by atoms with E-state index < -0.39 is 15.4 Å². The summed E-state index contributed by atoms with van der Waals surface area (Å²) in [6.45, 7) is 3.71. The van der Waals surface area contributed by atoms with Crippen molar-refractivity contribution >= 4 is 38.3 Å². The number of Topliss-reactive ketones (excluding diaryl/α,β-unsaturated/α-hetero) is 1. The lowest BCUT2D eigenvalue weighted by atomic mass is 9.93. The molecule has 1 atom stereocenters. The molecule has 2 aromatic rings. The first-order valence-electron chi connectivity index (χ1n) is 7.59. The van der Waals surface area contributed by atoms with Gasteiger partial charge in [0.25, 0.3) is 0 Å². The first kappa shape index (κ1) is 16.9. The predicted octanol–water partition coefficient (Wildman–Crippen LogP) is 3.79. The average molecular weight is 362 g/mol. The zero-order valence-corrected chi connectivity index (χ0v) is 15.3. The van der Waals surface area contributed by atoms with E-state index >= 15 is 0 Å². The Bertz CT molecular complexity index is 906. The number of hydrogen-bond acceptors (Lipinski definition) is 5. The monoisotopic (exact) mass is 362 g/mol. The Morgan fingerprint density at radius 3 is 2.33 bits per heavy atom. The van der Waals surface area contributed by atoms with Crippen LogP contribution in [0.4, 0.5) is 0 Å². The van der Waals surface area contributed by atoms with Crippen molar-refractivity contribution in [3.05, 3.63) is 52.2 Å². The first-order chi connectivity index (χ1) is 11.3. The van der Waals surface area contributed by atoms with Gasteiger partial charge in [-0.05, 0) is 49.1 Å². The molecule has 1 aromatic heterocycles. The molecule has 126 valence electrons. The van der Waals surface area contributed by atoms with Crippen molar-refractivity contribution in [2.45, 2.75) is 30.8 Å². The van der Waals surface area contributed by atoms with Gasteiger partial charge < -0.3 is 4.74 Å². The molecular weight excluding hydrogens is 344 g/mol. The van der Waals surface area contributed by atoms with Gasteiger partial charge in [0.2, 0.25) is 5.78 Å². The number of sulfone groups is 1. The molecule has 0 N–H and O–H groups in total. The van der Waals surface area contributed by atoms with Crippen molar-refractivity contribution in [1.29, 1.82) is 0 Å². The molecular formula is C18H18O4S2. The van der Waals surface area contributed by atoms with Crippen LogP contribution in [0.1, 0.15) is 30.7 Å². The molecule has 6 heteroatoms. The maximum Gasteiger partial charge on any atom is 0.211 e. The van der Waals surface area contributed by atoms with Crippen LogP contribution in [-0.2, 0) is 19.4 Å². The molecule has 1 unspecified atom stereocenters. The Morgan fingerprint density at radius 1 is 1.17 bits per heavy atom. The molecule has 1 aliphatic heterocycles. The van der Waals surface area contributed by atoms with Crippen molar-refractivity contribution in [2.75, 3.05) is 6.26 Å². The summed E-state index contributed by atoms with van der Waals surface area (Å²) in [6.07, 6.45) is 1.73. The van der Waals surface area contributed by atoms with E-state index in [1.807, 2.05) is 24.4 Å². The highest BCUT2D eigenvalue weighted by Crippen LogP contribution is 2.44. The van der Waals surface area contributed by atoms with Crippen LogP contribution >= 0.6 is 11.3 Å². The van der Waals surface area contributed by atoms with Crippen molar-refractivity contribution in [3.63, 3.8) is 0 Å². The normalized spacial score (nSPS) is 21.2. The summed E-state index contributed by atoms with van der Waals surface area (Å²) in [7, 11) is -3.26. The smallest absolute Gasteiger partial charge is 0.211 e. The number of ketones is 1. The van der Waals surface area contributed by atoms with E-state index in [1.54, 1.807) is 31.2 Å². The van der Waals surface area contributed by atoms with Gasteiger partial charge in [-0.1, -0.05) is 13.0 Å². The van der Waals surface area contributed by atoms with Gasteiger partial charge in [0.05, 0.1) is 10.5 Å². The van der Waals surface area contributed by atoms with Crippen LogP contribution in [0.25, 0.3) is 11.3 Å². The molecule has 0 aliphatic carbocycles. The summed E-state index contributed by atoms with van der Waals surface area (Å²) in [5, 5.41) is 1.92. The minimum Gasteiger partial charge on any atom is -0.478 e. The lowest BCUT2D eigenvalue weighted by molar-refractivity contribution is -0.126. The van der Waals surface area contributed by atoms with E-state index in [-0.39, 0.29) is 10.7 Å². The lowest BCUT2D eigenvalue weighted by Gasteiger charge is -2.21. The summed E-state index contributed by atoms with van der Waals surface area (Å²) in [5.74, 6) is 0.487. The first-order valence-corrected chi connectivity index (χ1v) is 10.4. The SMILES string of the molecule is CCC1(C)OC(c2ccc(S(C)(=O)=O)cc2)=C(c2cccs2)C1=O. The number of benzene rings is 1. The summed E-state index contributed by atoms with van der Waals surface area (Å²) >= 11 is 1.49. The van der Waals surface area contributed by atoms with E-state index in [2.05, 4.69) is 0 Å². The van der Waals surface area contributed by atoms with Crippen molar-refractivity contribution in [2.24, 2.45) is 0 Å². The van der Waals surface area contributed by atoms with Gasteiger partial charge in [-0.15, -0.1) is 11.3 Å². The highest BCUT2D eigenvalue weighted by atomic mass is 32.2. The molecule has 0 fully saturated rings. The third kappa shape index (κ3) is 2.80. The van der Waals surface area contributed by atoms with Gasteiger partial charge in [-0.3, -0.25) is 4.79 Å². The van der Waals surface area contributed by atoms with E-state index in [9.17, 15) is 13.2 Å². The van der Waals surface area contributed by atoms with Crippen LogP contribution in [0.15, 0.2) is 46.7 Å². The van der Waals surface area contributed by atoms with E-state index in [0.29, 0.717) is 23.3 Å². The molecule has 0 amide bonds. The third-order valence-corrected chi connectivity index (χ3v) is 6.26. The largest absolute Gasteiger partial charge is 0.478 e. The van der Waals surface area contributed by atoms with Gasteiger partial charge in [0.15, 0.2) is 15.4 Å². The summed E-state index contributed by atoms with van der Waals surface area (Å²) in [4.78, 5) is 14.0. The Kier molecular flexibility index (Phi) is 4.13. The van der Waals surface area contributed by atoms with Crippen LogP contribution in [0.3, 0.4) is 0 Å². The Hall–Kier alpha value is -1.92. The van der Waals surface area contributed by atoms with Gasteiger partial charge in [-0.2, -0.15) is 0 Å². The second-order valence-electron chi connectivity index (χ2n) is 5.99. The maximum absolute atomic E-state index is 12.9. The third-order valence-electron chi connectivity index (χ3n) is 4.25. The highest BCUT2D eigenvalue weighted by Gasteiger charge is 2.45. The fourth-order valence-corrected chi connectivity index (χ4v) is 4.02. The van der Waals surface area contributed by atoms with Gasteiger partial charge >= 0.3 is 0 Å². The minimum atomic E-state index is -3.26. The van der Waals surface area contributed by atoms with E-state index in [0.717, 1.165) is 4.88 Å². The number of thiophene rings is 1. The molecule has 0 saturated heterocycles. The van der Waals surface area contributed by atoms with Crippen LogP contribution < -0.4 is 0 Å². The van der Waals surface area contributed by atoms with E-state index in [1.165, 1.54) is 17.6 Å². The second-order valence-corrected chi connectivity index (χ2v) is 8.96. The predicted molar refractivity (Wildman–Crippen MR) is 95.5 cm³/mol. The molecule has 1 aliphatic rings. The molecule has 0 bridgehead atoms. The van der Waals surface area contributed by atoms with Gasteiger partial charge in [0, 0.05) is 16.7 Å². The fraction of sp³-hybridized carbons (Fsp3) is 0.278. The zero-order chi connectivity index (χ0) is 17.5. The van der Waals surface area contributed by atoms with Crippen LogP contribution in [-0.4, -0.2) is 26.1 Å². The summed E-state index contributed by atoms with van der Waals surface area (Å²) in [5.41, 5.74) is 0.391. The number of hydrogen-bond donors (Lipinski definition) is 0. The zero-order valence-electron chi connectivity index (χ0n) is 13.7. The van der Waals surface area contributed by atoms with Gasteiger partial charge in [-0.25, -0.2) is 8.42 Å². The lowest BCUT2D eigenvalue weighted by Crippen LogP contribution is -2.32. The quantitative estimate of drug-likeness (QED) is 0.830. The maximum atomic E-state index is 12.9. The number of rotatable bonds is 4. The molecule has 24 heavy (non-hydrogen) atoms. The van der Waals surface area contributed by atoms with Crippen molar-refractivity contribution in [3.8, 4) is 0 Å². The Labute approximate surface area is 145 Å².